The van der Waals surface area contributed by atoms with Crippen LogP contribution in [0, 0.1) is 11.8 Å². The fourth-order valence-electron chi connectivity index (χ4n) is 5.26. The summed E-state index contributed by atoms with van der Waals surface area (Å²) in [6, 6.07) is 31.9. The monoisotopic (exact) mass is 477 g/mol. The summed E-state index contributed by atoms with van der Waals surface area (Å²) in [5.74, 6) is -0.0808. The molecule has 0 aliphatic carbocycles. The molecule has 0 saturated carbocycles. The minimum Gasteiger partial charge on any atom is -0.507 e. The van der Waals surface area contributed by atoms with E-state index < -0.39 is 5.91 Å². The van der Waals surface area contributed by atoms with Crippen LogP contribution in [0.2, 0.25) is 0 Å². The van der Waals surface area contributed by atoms with Gasteiger partial charge < -0.3 is 10.4 Å². The Morgan fingerprint density at radius 2 is 1.47 bits per heavy atom. The Morgan fingerprint density at radius 3 is 2.11 bits per heavy atom. The number of aromatic hydroxyl groups is 1. The summed E-state index contributed by atoms with van der Waals surface area (Å²) in [6.07, 6.45) is 0.681. The molecule has 3 atom stereocenters. The molecule has 4 aromatic carbocycles. The number of nitrogens with zero attached hydrogens (tertiary/aromatic N) is 1. The van der Waals surface area contributed by atoms with E-state index in [4.69, 9.17) is 5.10 Å². The number of hydrazone groups is 1. The molecule has 1 aliphatic heterocycles. The van der Waals surface area contributed by atoms with Crippen molar-refractivity contribution in [2.45, 2.75) is 32.4 Å². The topological polar surface area (TPSA) is 73.7 Å². The molecule has 4 aromatic rings. The van der Waals surface area contributed by atoms with Gasteiger partial charge in [-0.15, -0.1) is 0 Å². The minimum atomic E-state index is -0.417. The Bertz CT molecular complexity index is 1380. The van der Waals surface area contributed by atoms with Gasteiger partial charge in [0.1, 0.15) is 5.75 Å². The molecule has 0 radical (unpaired) electrons. The number of piperidine rings is 1. The molecule has 36 heavy (non-hydrogen) atoms. The molecule has 3 N–H and O–H groups in total. The van der Waals surface area contributed by atoms with Crippen LogP contribution in [0.25, 0.3) is 10.8 Å². The lowest BCUT2D eigenvalue weighted by Crippen LogP contribution is -2.45. The molecule has 1 aliphatic rings. The first kappa shape index (κ1) is 23.8. The van der Waals surface area contributed by atoms with Crippen LogP contribution in [0.1, 0.15) is 53.8 Å². The first-order valence-corrected chi connectivity index (χ1v) is 12.5. The highest BCUT2D eigenvalue weighted by Crippen LogP contribution is 2.39. The summed E-state index contributed by atoms with van der Waals surface area (Å²) < 4.78 is 0. The fraction of sp³-hybridized carbons (Fsp3) is 0.226. The standard InChI is InChI=1S/C31H31N3O2/c1-20(2)29-27(33-34-31(36)25-17-23-15-9-10-16-24(23)18-28(25)35)19-26(21-11-5-3-6-12-21)32-30(29)22-13-7-4-8-14-22/h3-18,20,26,29-30,32,35H,19H2,1-2H3,(H,34,36)/b33-27+/t26?,29-,30?/m0/s1. The summed E-state index contributed by atoms with van der Waals surface area (Å²) in [5.41, 5.74) is 6.31. The number of carbonyl (C=O) groups is 1. The maximum Gasteiger partial charge on any atom is 0.275 e. The Balaban J connectivity index is 1.49. The largest absolute Gasteiger partial charge is 0.507 e. The molecule has 5 nitrogen and oxygen atoms in total. The second kappa shape index (κ2) is 10.3. The van der Waals surface area contributed by atoms with Crippen molar-refractivity contribution in [1.29, 1.82) is 0 Å². The van der Waals surface area contributed by atoms with Crippen molar-refractivity contribution >= 4 is 22.4 Å². The lowest BCUT2D eigenvalue weighted by Gasteiger charge is -2.41. The number of hydrogen-bond acceptors (Lipinski definition) is 4. The van der Waals surface area contributed by atoms with E-state index in [-0.39, 0.29) is 29.3 Å². The van der Waals surface area contributed by atoms with Gasteiger partial charge in [-0.05, 0) is 39.9 Å². The third-order valence-electron chi connectivity index (χ3n) is 7.03. The normalized spacial score (nSPS) is 21.1. The van der Waals surface area contributed by atoms with Gasteiger partial charge in [0, 0.05) is 30.1 Å². The fourth-order valence-corrected chi connectivity index (χ4v) is 5.26. The number of phenols is 1. The molecule has 1 fully saturated rings. The van der Waals surface area contributed by atoms with E-state index >= 15 is 0 Å². The van der Waals surface area contributed by atoms with Gasteiger partial charge in [-0.3, -0.25) is 4.79 Å². The van der Waals surface area contributed by atoms with E-state index in [0.717, 1.165) is 16.5 Å². The van der Waals surface area contributed by atoms with Crippen molar-refractivity contribution < 1.29 is 9.90 Å². The van der Waals surface area contributed by atoms with Crippen molar-refractivity contribution in [3.63, 3.8) is 0 Å². The summed E-state index contributed by atoms with van der Waals surface area (Å²) in [7, 11) is 0. The number of phenolic OH excluding ortho intramolecular Hbond substituents is 1. The maximum absolute atomic E-state index is 13.1. The van der Waals surface area contributed by atoms with Crippen LogP contribution >= 0.6 is 0 Å². The lowest BCUT2D eigenvalue weighted by molar-refractivity contribution is 0.0951. The lowest BCUT2D eigenvalue weighted by atomic mass is 9.75. The van der Waals surface area contributed by atoms with Crippen molar-refractivity contribution in [3.05, 3.63) is 114 Å². The molecule has 2 unspecified atom stereocenters. The number of nitrogens with one attached hydrogen (secondary N) is 2. The SMILES string of the molecule is CC(C)[C@H]1/C(=N/NC(=O)c2cc3ccccc3cc2O)CC(c2ccccc2)NC1c1ccccc1. The number of amides is 1. The first-order valence-electron chi connectivity index (χ1n) is 12.5. The number of hydrogen-bond donors (Lipinski definition) is 3. The van der Waals surface area contributed by atoms with Crippen LogP contribution in [0.5, 0.6) is 5.75 Å². The van der Waals surface area contributed by atoms with Crippen LogP contribution in [-0.2, 0) is 0 Å². The van der Waals surface area contributed by atoms with Crippen LogP contribution in [0.3, 0.4) is 0 Å². The predicted molar refractivity (Wildman–Crippen MR) is 145 cm³/mol. The van der Waals surface area contributed by atoms with Gasteiger partial charge in [-0.2, -0.15) is 5.10 Å². The summed E-state index contributed by atoms with van der Waals surface area (Å²) in [4.78, 5) is 13.1. The zero-order valence-corrected chi connectivity index (χ0v) is 20.6. The molecule has 0 aromatic heterocycles. The zero-order valence-electron chi connectivity index (χ0n) is 20.6. The smallest absolute Gasteiger partial charge is 0.275 e. The third-order valence-corrected chi connectivity index (χ3v) is 7.03. The van der Waals surface area contributed by atoms with Gasteiger partial charge in [-0.1, -0.05) is 98.8 Å². The molecule has 182 valence electrons. The highest BCUT2D eigenvalue weighted by molar-refractivity contribution is 6.02. The van der Waals surface area contributed by atoms with Crippen LogP contribution in [-0.4, -0.2) is 16.7 Å². The number of fused-ring (bicyclic) bond motifs is 1. The second-order valence-electron chi connectivity index (χ2n) is 9.75. The Hall–Kier alpha value is -3.96. The molecule has 0 spiro atoms. The average Bonchev–Trinajstić information content (AvgIpc) is 2.91. The Labute approximate surface area is 211 Å². The van der Waals surface area contributed by atoms with Gasteiger partial charge in [-0.25, -0.2) is 5.43 Å². The quantitative estimate of drug-likeness (QED) is 0.292. The molecule has 1 heterocycles. The number of benzene rings is 4. The molecule has 1 saturated heterocycles. The highest BCUT2D eigenvalue weighted by atomic mass is 16.3. The van der Waals surface area contributed by atoms with E-state index in [9.17, 15) is 9.90 Å². The second-order valence-corrected chi connectivity index (χ2v) is 9.75. The van der Waals surface area contributed by atoms with Gasteiger partial charge in [0.05, 0.1) is 5.56 Å². The van der Waals surface area contributed by atoms with Gasteiger partial charge in [0.15, 0.2) is 0 Å². The van der Waals surface area contributed by atoms with E-state index in [1.807, 2.05) is 48.5 Å². The van der Waals surface area contributed by atoms with Gasteiger partial charge in [0.25, 0.3) is 5.91 Å². The zero-order chi connectivity index (χ0) is 25.1. The van der Waals surface area contributed by atoms with E-state index in [1.54, 1.807) is 12.1 Å². The van der Waals surface area contributed by atoms with Crippen molar-refractivity contribution in [1.82, 2.24) is 10.7 Å². The molecule has 0 bridgehead atoms. The van der Waals surface area contributed by atoms with Gasteiger partial charge >= 0.3 is 0 Å². The molecular weight excluding hydrogens is 446 g/mol. The molecule has 5 heteroatoms. The summed E-state index contributed by atoms with van der Waals surface area (Å²) in [5, 5.41) is 20.9. The average molecular weight is 478 g/mol. The predicted octanol–water partition coefficient (Wildman–Crippen LogP) is 6.38. The van der Waals surface area contributed by atoms with Gasteiger partial charge in [0.2, 0.25) is 0 Å². The van der Waals surface area contributed by atoms with E-state index in [1.165, 1.54) is 11.1 Å². The number of carbonyl (C=O) groups excluding carboxylic acids is 1. The van der Waals surface area contributed by atoms with Crippen molar-refractivity contribution in [2.75, 3.05) is 0 Å². The van der Waals surface area contributed by atoms with E-state index in [2.05, 4.69) is 61.0 Å². The summed E-state index contributed by atoms with van der Waals surface area (Å²) in [6.45, 7) is 4.38. The third kappa shape index (κ3) is 4.88. The molecule has 1 amide bonds. The highest BCUT2D eigenvalue weighted by Gasteiger charge is 2.38. The minimum absolute atomic E-state index is 0.0508. The molecular formula is C31H31N3O2. The Kier molecular flexibility index (Phi) is 6.83. The van der Waals surface area contributed by atoms with Crippen molar-refractivity contribution in [2.24, 2.45) is 16.9 Å². The van der Waals surface area contributed by atoms with Crippen LogP contribution in [0.4, 0.5) is 0 Å². The first-order chi connectivity index (χ1) is 17.5. The van der Waals surface area contributed by atoms with Crippen LogP contribution < -0.4 is 10.7 Å². The summed E-state index contributed by atoms with van der Waals surface area (Å²) >= 11 is 0. The van der Waals surface area contributed by atoms with Crippen molar-refractivity contribution in [3.8, 4) is 5.75 Å². The van der Waals surface area contributed by atoms with E-state index in [0.29, 0.717) is 12.3 Å². The maximum atomic E-state index is 13.1. The van der Waals surface area contributed by atoms with Crippen LogP contribution in [0.15, 0.2) is 102 Å². The Morgan fingerprint density at radius 1 is 0.889 bits per heavy atom. The number of rotatable bonds is 5. The molecule has 5 rings (SSSR count).